The minimum absolute atomic E-state index is 0. The summed E-state index contributed by atoms with van der Waals surface area (Å²) in [5.41, 5.74) is 6.59. The molecule has 0 saturated heterocycles. The first-order valence-corrected chi connectivity index (χ1v) is 11.0. The summed E-state index contributed by atoms with van der Waals surface area (Å²) >= 11 is 0. The fraction of sp³-hybridized carbons (Fsp3) is 0.346. The predicted octanol–water partition coefficient (Wildman–Crippen LogP) is 0.299. The molecule has 1 unspecified atom stereocenters. The Balaban J connectivity index is 0.00000272. The standard InChI is InChI=1S/C26H30N4O.2Li/c1-3-5-6-13-18-28-26(23-16-11-8-12-17-23)24(22-14-9-7-10-15-22)19-25(31-4-2)30-21-27-20-29-30;;/h7-12,14-17,20,26H,3-6,13,18H2,1-2H3;;/q-2;2*+1. The van der Waals surface area contributed by atoms with Crippen molar-refractivity contribution in [2.75, 3.05) is 13.2 Å². The molecule has 0 aliphatic heterocycles. The molecular weight excluding hydrogens is 398 g/mol. The van der Waals surface area contributed by atoms with Gasteiger partial charge in [-0.15, -0.1) is 12.3 Å². The van der Waals surface area contributed by atoms with Gasteiger partial charge in [0, 0.05) is 12.7 Å². The summed E-state index contributed by atoms with van der Waals surface area (Å²) in [6.45, 7) is 5.45. The fourth-order valence-corrected chi connectivity index (χ4v) is 3.36. The number of ether oxygens (including phenoxy) is 1. The molecule has 0 N–H and O–H groups in total. The Morgan fingerprint density at radius 3 is 2.30 bits per heavy atom. The minimum atomic E-state index is -0.163. The SMILES string of the molecule is CCCCCC[N-]C(C(=C=C(OCC)n1[c-]ncn1)c1ccccc1)c1ccccc1.[Li+].[Li+]. The molecule has 0 radical (unpaired) electrons. The fourth-order valence-electron chi connectivity index (χ4n) is 3.36. The van der Waals surface area contributed by atoms with E-state index in [0.717, 1.165) is 29.7 Å². The van der Waals surface area contributed by atoms with Gasteiger partial charge in [-0.1, -0.05) is 105 Å². The van der Waals surface area contributed by atoms with Crippen LogP contribution in [0.25, 0.3) is 16.8 Å². The summed E-state index contributed by atoms with van der Waals surface area (Å²) < 4.78 is 7.34. The van der Waals surface area contributed by atoms with Gasteiger partial charge in [-0.05, 0) is 18.1 Å². The quantitative estimate of drug-likeness (QED) is 0.137. The molecule has 0 bridgehead atoms. The Labute approximate surface area is 222 Å². The van der Waals surface area contributed by atoms with Crippen LogP contribution in [0.5, 0.6) is 0 Å². The number of nitrogens with zero attached hydrogens (tertiary/aromatic N) is 4. The van der Waals surface area contributed by atoms with E-state index in [1.54, 1.807) is 0 Å². The first-order chi connectivity index (χ1) is 15.3. The molecule has 1 heterocycles. The predicted molar refractivity (Wildman–Crippen MR) is 125 cm³/mol. The molecular formula is C26H30Li2N4O. The van der Waals surface area contributed by atoms with Crippen molar-refractivity contribution < 1.29 is 42.5 Å². The van der Waals surface area contributed by atoms with Crippen molar-refractivity contribution in [3.63, 3.8) is 0 Å². The molecule has 162 valence electrons. The topological polar surface area (TPSA) is 54.0 Å². The van der Waals surface area contributed by atoms with Crippen molar-refractivity contribution in [1.82, 2.24) is 14.8 Å². The average Bonchev–Trinajstić information content (AvgIpc) is 3.36. The van der Waals surface area contributed by atoms with Crippen molar-refractivity contribution >= 4 is 11.5 Å². The van der Waals surface area contributed by atoms with E-state index in [4.69, 9.17) is 10.1 Å². The van der Waals surface area contributed by atoms with E-state index in [2.05, 4.69) is 65.5 Å². The Morgan fingerprint density at radius 1 is 1.00 bits per heavy atom. The largest absolute Gasteiger partial charge is 1.00 e. The van der Waals surface area contributed by atoms with Crippen LogP contribution in [0.1, 0.15) is 56.7 Å². The van der Waals surface area contributed by atoms with Gasteiger partial charge >= 0.3 is 37.7 Å². The Kier molecular flexibility index (Phi) is 14.7. The van der Waals surface area contributed by atoms with Crippen LogP contribution in [-0.2, 0) is 4.74 Å². The zero-order chi connectivity index (χ0) is 21.7. The summed E-state index contributed by atoms with van der Waals surface area (Å²) in [4.78, 5) is 3.94. The number of aromatic nitrogens is 3. The molecule has 0 aliphatic carbocycles. The van der Waals surface area contributed by atoms with Crippen LogP contribution in [0.2, 0.25) is 0 Å². The van der Waals surface area contributed by atoms with Crippen LogP contribution >= 0.6 is 0 Å². The van der Waals surface area contributed by atoms with Crippen LogP contribution in [0.3, 0.4) is 0 Å². The number of unbranched alkanes of at least 4 members (excludes halogenated alkanes) is 3. The van der Waals surface area contributed by atoms with Crippen LogP contribution < -0.4 is 37.7 Å². The molecule has 0 saturated carbocycles. The van der Waals surface area contributed by atoms with Crippen molar-refractivity contribution in [1.29, 1.82) is 0 Å². The van der Waals surface area contributed by atoms with Crippen LogP contribution in [-0.4, -0.2) is 27.9 Å². The summed E-state index contributed by atoms with van der Waals surface area (Å²) in [6.07, 6.45) is 8.98. The second kappa shape index (κ2) is 16.6. The van der Waals surface area contributed by atoms with Gasteiger partial charge < -0.3 is 19.7 Å². The maximum Gasteiger partial charge on any atom is 1.00 e. The number of hydrogen-bond donors (Lipinski definition) is 0. The molecule has 3 aromatic rings. The maximum atomic E-state index is 5.85. The molecule has 2 aromatic carbocycles. The second-order valence-electron chi connectivity index (χ2n) is 7.19. The van der Waals surface area contributed by atoms with Crippen LogP contribution in [0.4, 0.5) is 0 Å². The van der Waals surface area contributed by atoms with Crippen molar-refractivity contribution in [3.05, 3.63) is 95.5 Å². The Morgan fingerprint density at radius 2 is 1.70 bits per heavy atom. The van der Waals surface area contributed by atoms with Crippen molar-refractivity contribution in [2.24, 2.45) is 0 Å². The van der Waals surface area contributed by atoms with Gasteiger partial charge in [-0.2, -0.15) is 0 Å². The van der Waals surface area contributed by atoms with Gasteiger partial charge in [0.2, 0.25) is 0 Å². The molecule has 0 fully saturated rings. The first kappa shape index (κ1) is 29.1. The summed E-state index contributed by atoms with van der Waals surface area (Å²) in [6, 6.07) is 20.4. The van der Waals surface area contributed by atoms with Crippen molar-refractivity contribution in [2.45, 2.75) is 45.6 Å². The minimum Gasteiger partial charge on any atom is -0.651 e. The number of rotatable bonds is 12. The molecule has 0 aliphatic rings. The van der Waals surface area contributed by atoms with Gasteiger partial charge in [0.25, 0.3) is 0 Å². The van der Waals surface area contributed by atoms with Gasteiger partial charge in [-0.25, -0.2) is 5.10 Å². The van der Waals surface area contributed by atoms with E-state index in [-0.39, 0.29) is 43.8 Å². The maximum absolute atomic E-state index is 5.85. The zero-order valence-corrected chi connectivity index (χ0v) is 20.4. The molecule has 7 heteroatoms. The molecule has 5 nitrogen and oxygen atoms in total. The zero-order valence-electron chi connectivity index (χ0n) is 20.4. The van der Waals surface area contributed by atoms with Gasteiger partial charge in [-0.3, -0.25) is 0 Å². The van der Waals surface area contributed by atoms with E-state index < -0.39 is 0 Å². The number of benzene rings is 2. The van der Waals surface area contributed by atoms with Crippen LogP contribution in [0.15, 0.2) is 72.7 Å². The van der Waals surface area contributed by atoms with Crippen LogP contribution in [0, 0.1) is 6.33 Å². The summed E-state index contributed by atoms with van der Waals surface area (Å²) in [5.74, 6) is 0.459. The van der Waals surface area contributed by atoms with Gasteiger partial charge in [0.05, 0.1) is 6.61 Å². The van der Waals surface area contributed by atoms with E-state index in [1.807, 2.05) is 31.2 Å². The van der Waals surface area contributed by atoms with E-state index in [9.17, 15) is 0 Å². The average molecular weight is 428 g/mol. The Hall–Kier alpha value is -1.95. The summed E-state index contributed by atoms with van der Waals surface area (Å²) in [7, 11) is 0. The molecule has 3 rings (SSSR count). The Bertz CT molecular complexity index is 956. The van der Waals surface area contributed by atoms with Gasteiger partial charge in [0.15, 0.2) is 5.88 Å². The molecule has 1 aromatic heterocycles. The second-order valence-corrected chi connectivity index (χ2v) is 7.19. The molecule has 0 spiro atoms. The normalized spacial score (nSPS) is 10.8. The third-order valence-electron chi connectivity index (χ3n) is 4.89. The third-order valence-corrected chi connectivity index (χ3v) is 4.89. The molecule has 1 atom stereocenters. The first-order valence-electron chi connectivity index (χ1n) is 11.0. The van der Waals surface area contributed by atoms with E-state index in [0.29, 0.717) is 12.5 Å². The van der Waals surface area contributed by atoms with E-state index in [1.165, 1.54) is 30.3 Å². The van der Waals surface area contributed by atoms with E-state index >= 15 is 0 Å². The van der Waals surface area contributed by atoms with Crippen molar-refractivity contribution in [3.8, 4) is 0 Å². The smallest absolute Gasteiger partial charge is 0.651 e. The molecule has 33 heavy (non-hydrogen) atoms. The summed E-state index contributed by atoms with van der Waals surface area (Å²) in [5, 5.41) is 9.30. The third kappa shape index (κ3) is 9.08. The monoisotopic (exact) mass is 428 g/mol. The number of hydrogen-bond acceptors (Lipinski definition) is 3. The van der Waals surface area contributed by atoms with Gasteiger partial charge in [0.1, 0.15) is 0 Å². The molecule has 0 amide bonds.